The highest BCUT2D eigenvalue weighted by Gasteiger charge is 2.54. The number of aryl methyl sites for hydroxylation is 1. The highest BCUT2D eigenvalue weighted by molar-refractivity contribution is 6.02. The highest BCUT2D eigenvalue weighted by atomic mass is 16.1. The number of anilines is 1. The molecule has 106 valence electrons. The molecule has 4 aliphatic carbocycles. The van der Waals surface area contributed by atoms with Gasteiger partial charge in [-0.15, -0.1) is 0 Å². The van der Waals surface area contributed by atoms with E-state index >= 15 is 0 Å². The number of hydrogen-bond donors (Lipinski definition) is 1. The monoisotopic (exact) mass is 269 g/mol. The molecule has 4 saturated carbocycles. The largest absolute Gasteiger partial charge is 0.399 e. The van der Waals surface area contributed by atoms with Crippen molar-refractivity contribution in [2.45, 2.75) is 45.4 Å². The number of nitrogens with two attached hydrogens (primary N) is 1. The van der Waals surface area contributed by atoms with Gasteiger partial charge >= 0.3 is 0 Å². The van der Waals surface area contributed by atoms with Gasteiger partial charge in [0, 0.05) is 16.7 Å². The van der Waals surface area contributed by atoms with Crippen LogP contribution in [-0.4, -0.2) is 5.78 Å². The molecule has 0 radical (unpaired) electrons. The molecule has 4 fully saturated rings. The molecule has 0 atom stereocenters. The first-order valence-electron chi connectivity index (χ1n) is 7.97. The summed E-state index contributed by atoms with van der Waals surface area (Å²) in [6.07, 6.45) is 7.53. The molecule has 0 heterocycles. The summed E-state index contributed by atoms with van der Waals surface area (Å²) in [5.41, 5.74) is 8.53. The summed E-state index contributed by atoms with van der Waals surface area (Å²) < 4.78 is 0. The van der Waals surface area contributed by atoms with E-state index in [1.165, 1.54) is 19.3 Å². The van der Waals surface area contributed by atoms with Crippen molar-refractivity contribution in [2.24, 2.45) is 23.2 Å². The number of hydrogen-bond acceptors (Lipinski definition) is 2. The summed E-state index contributed by atoms with van der Waals surface area (Å²) in [4.78, 5) is 13.2. The minimum atomic E-state index is -0.0483. The number of nitrogen functional groups attached to an aromatic ring is 1. The van der Waals surface area contributed by atoms with E-state index in [2.05, 4.69) is 0 Å². The van der Waals surface area contributed by atoms with E-state index in [-0.39, 0.29) is 5.41 Å². The average molecular weight is 269 g/mol. The Morgan fingerprint density at radius 3 is 2.20 bits per heavy atom. The van der Waals surface area contributed by atoms with Gasteiger partial charge in [0.05, 0.1) is 0 Å². The normalized spacial score (nSPS) is 38.1. The quantitative estimate of drug-likeness (QED) is 0.652. The van der Waals surface area contributed by atoms with Gasteiger partial charge in [-0.2, -0.15) is 0 Å². The summed E-state index contributed by atoms with van der Waals surface area (Å²) in [5, 5.41) is 0. The maximum absolute atomic E-state index is 13.2. The minimum absolute atomic E-state index is 0.0483. The number of carbonyl (C=O) groups excluding carboxylic acids is 1. The number of benzene rings is 1. The fourth-order valence-electron chi connectivity index (χ4n) is 5.56. The molecular formula is C18H23NO. The molecular weight excluding hydrogens is 246 g/mol. The lowest BCUT2D eigenvalue weighted by Gasteiger charge is -2.56. The Morgan fingerprint density at radius 2 is 1.65 bits per heavy atom. The molecule has 1 aromatic carbocycles. The van der Waals surface area contributed by atoms with Gasteiger partial charge in [0.25, 0.3) is 0 Å². The van der Waals surface area contributed by atoms with Gasteiger partial charge in [0.15, 0.2) is 5.78 Å². The predicted octanol–water partition coefficient (Wildman–Crippen LogP) is 3.98. The summed E-state index contributed by atoms with van der Waals surface area (Å²) in [5.74, 6) is 2.83. The van der Waals surface area contributed by atoms with Crippen molar-refractivity contribution in [3.05, 3.63) is 29.3 Å². The van der Waals surface area contributed by atoms with Gasteiger partial charge in [0.1, 0.15) is 0 Å². The molecule has 2 heteroatoms. The second kappa shape index (κ2) is 4.09. The van der Waals surface area contributed by atoms with Gasteiger partial charge in [-0.05, 0) is 80.9 Å². The van der Waals surface area contributed by atoms with E-state index in [0.29, 0.717) is 11.5 Å². The molecule has 4 bridgehead atoms. The molecule has 1 aromatic rings. The zero-order valence-electron chi connectivity index (χ0n) is 12.2. The third kappa shape index (κ3) is 1.73. The Balaban J connectivity index is 1.73. The van der Waals surface area contributed by atoms with E-state index in [0.717, 1.165) is 48.1 Å². The minimum Gasteiger partial charge on any atom is -0.399 e. The number of ketones is 1. The van der Waals surface area contributed by atoms with Crippen LogP contribution in [0.3, 0.4) is 0 Å². The third-order valence-corrected chi connectivity index (χ3v) is 6.03. The molecule has 0 aromatic heterocycles. The van der Waals surface area contributed by atoms with Gasteiger partial charge < -0.3 is 5.73 Å². The lowest BCUT2D eigenvalue weighted by molar-refractivity contribution is -0.0353. The van der Waals surface area contributed by atoms with Crippen LogP contribution < -0.4 is 5.73 Å². The van der Waals surface area contributed by atoms with Crippen LogP contribution in [0.5, 0.6) is 0 Å². The first-order valence-corrected chi connectivity index (χ1v) is 7.97. The number of rotatable bonds is 2. The number of carbonyl (C=O) groups is 1. The first-order chi connectivity index (χ1) is 9.56. The molecule has 0 aliphatic heterocycles. The van der Waals surface area contributed by atoms with Crippen LogP contribution >= 0.6 is 0 Å². The lowest BCUT2D eigenvalue weighted by Crippen LogP contribution is -2.50. The topological polar surface area (TPSA) is 43.1 Å². The van der Waals surface area contributed by atoms with Gasteiger partial charge in [-0.3, -0.25) is 4.79 Å². The van der Waals surface area contributed by atoms with Crippen molar-refractivity contribution >= 4 is 11.5 Å². The van der Waals surface area contributed by atoms with Crippen LogP contribution in [0.2, 0.25) is 0 Å². The van der Waals surface area contributed by atoms with Gasteiger partial charge in [-0.1, -0.05) is 6.07 Å². The third-order valence-electron chi connectivity index (χ3n) is 6.03. The fraction of sp³-hybridized carbons (Fsp3) is 0.611. The first kappa shape index (κ1) is 12.4. The smallest absolute Gasteiger partial charge is 0.169 e. The van der Waals surface area contributed by atoms with Crippen LogP contribution in [-0.2, 0) is 0 Å². The zero-order valence-corrected chi connectivity index (χ0v) is 12.2. The van der Waals surface area contributed by atoms with E-state index in [9.17, 15) is 4.79 Å². The SMILES string of the molecule is Cc1ccc(N)cc1C(=O)C12CC3CC(CC(C3)C1)C2. The van der Waals surface area contributed by atoms with Crippen molar-refractivity contribution < 1.29 is 4.79 Å². The van der Waals surface area contributed by atoms with Crippen molar-refractivity contribution in [3.8, 4) is 0 Å². The van der Waals surface area contributed by atoms with Crippen molar-refractivity contribution in [1.29, 1.82) is 0 Å². The molecule has 2 nitrogen and oxygen atoms in total. The van der Waals surface area contributed by atoms with E-state index in [1.807, 2.05) is 25.1 Å². The van der Waals surface area contributed by atoms with E-state index in [1.54, 1.807) is 0 Å². The van der Waals surface area contributed by atoms with Crippen molar-refractivity contribution in [3.63, 3.8) is 0 Å². The van der Waals surface area contributed by atoms with Crippen LogP contribution in [0.1, 0.15) is 54.4 Å². The van der Waals surface area contributed by atoms with Crippen LogP contribution in [0.15, 0.2) is 18.2 Å². The molecule has 0 amide bonds. The van der Waals surface area contributed by atoms with E-state index < -0.39 is 0 Å². The Kier molecular flexibility index (Phi) is 2.55. The van der Waals surface area contributed by atoms with Gasteiger partial charge in [-0.25, -0.2) is 0 Å². The van der Waals surface area contributed by atoms with Crippen LogP contribution in [0.25, 0.3) is 0 Å². The average Bonchev–Trinajstić information content (AvgIpc) is 2.39. The Labute approximate surface area is 120 Å². The number of Topliss-reactive ketones (excluding diaryl/α,β-unsaturated/α-hetero) is 1. The molecule has 5 rings (SSSR count). The van der Waals surface area contributed by atoms with Gasteiger partial charge in [0.2, 0.25) is 0 Å². The summed E-state index contributed by atoms with van der Waals surface area (Å²) in [6, 6.07) is 5.78. The Hall–Kier alpha value is -1.31. The van der Waals surface area contributed by atoms with E-state index in [4.69, 9.17) is 5.73 Å². The standard InChI is InChI=1S/C18H23NO/c1-11-2-3-15(19)7-16(11)17(20)18-8-12-4-13(9-18)6-14(5-12)10-18/h2-3,7,12-14H,4-6,8-10,19H2,1H3. The summed E-state index contributed by atoms with van der Waals surface area (Å²) in [6.45, 7) is 2.03. The predicted molar refractivity (Wildman–Crippen MR) is 80.5 cm³/mol. The summed E-state index contributed by atoms with van der Waals surface area (Å²) >= 11 is 0. The molecule has 20 heavy (non-hydrogen) atoms. The lowest BCUT2D eigenvalue weighted by atomic mass is 9.48. The molecule has 2 N–H and O–H groups in total. The maximum atomic E-state index is 13.2. The second-order valence-corrected chi connectivity index (χ2v) is 7.60. The van der Waals surface area contributed by atoms with Crippen LogP contribution in [0.4, 0.5) is 5.69 Å². The highest BCUT2D eigenvalue weighted by Crippen LogP contribution is 2.61. The Morgan fingerprint density at radius 1 is 1.10 bits per heavy atom. The molecule has 0 spiro atoms. The maximum Gasteiger partial charge on any atom is 0.169 e. The van der Waals surface area contributed by atoms with Crippen LogP contribution in [0, 0.1) is 30.1 Å². The summed E-state index contributed by atoms with van der Waals surface area (Å²) in [7, 11) is 0. The van der Waals surface area contributed by atoms with Crippen molar-refractivity contribution in [2.75, 3.05) is 5.73 Å². The molecule has 0 unspecified atom stereocenters. The molecule has 4 aliphatic rings. The Bertz CT molecular complexity index is 539. The second-order valence-electron chi connectivity index (χ2n) is 7.60. The fourth-order valence-corrected chi connectivity index (χ4v) is 5.56. The van der Waals surface area contributed by atoms with Crippen molar-refractivity contribution in [1.82, 2.24) is 0 Å². The zero-order chi connectivity index (χ0) is 13.9. The molecule has 0 saturated heterocycles.